The maximum atomic E-state index is 11.0. The number of amides is 2. The van der Waals surface area contributed by atoms with Gasteiger partial charge in [0.05, 0.1) is 0 Å². The van der Waals surface area contributed by atoms with E-state index in [2.05, 4.69) is 5.32 Å². The molecule has 0 aliphatic carbocycles. The van der Waals surface area contributed by atoms with Gasteiger partial charge in [0, 0.05) is 18.9 Å². The molecule has 2 amide bonds. The molecule has 1 atom stereocenters. The molecule has 0 heterocycles. The van der Waals surface area contributed by atoms with E-state index in [0.717, 1.165) is 0 Å². The van der Waals surface area contributed by atoms with Gasteiger partial charge in [-0.05, 0) is 19.8 Å². The Kier molecular flexibility index (Phi) is 5.93. The third kappa shape index (κ3) is 5.22. The quantitative estimate of drug-likeness (QED) is 0.630. The molecule has 0 saturated carbocycles. The Hall–Kier alpha value is -1.06. The van der Waals surface area contributed by atoms with Gasteiger partial charge in [-0.1, -0.05) is 6.92 Å². The summed E-state index contributed by atoms with van der Waals surface area (Å²) in [5.74, 6) is -0.489. The van der Waals surface area contributed by atoms with Crippen molar-refractivity contribution >= 4 is 11.8 Å². The Labute approximate surface area is 78.9 Å². The first kappa shape index (κ1) is 11.9. The molecule has 13 heavy (non-hydrogen) atoms. The molecule has 76 valence electrons. The van der Waals surface area contributed by atoms with Crippen LogP contribution in [0.3, 0.4) is 0 Å². The van der Waals surface area contributed by atoms with Gasteiger partial charge < -0.3 is 11.1 Å². The molecule has 0 rings (SSSR count). The molecule has 0 aromatic carbocycles. The summed E-state index contributed by atoms with van der Waals surface area (Å²) in [6, 6.07) is 0. The number of primary amides is 1. The van der Waals surface area contributed by atoms with Crippen molar-refractivity contribution in [3.05, 3.63) is 0 Å². The van der Waals surface area contributed by atoms with Crippen LogP contribution in [-0.2, 0) is 9.59 Å². The van der Waals surface area contributed by atoms with Gasteiger partial charge in [0.15, 0.2) is 0 Å². The Morgan fingerprint density at radius 2 is 2.00 bits per heavy atom. The van der Waals surface area contributed by atoms with Gasteiger partial charge in [-0.25, -0.2) is 0 Å². The van der Waals surface area contributed by atoms with E-state index in [4.69, 9.17) is 5.73 Å². The highest BCUT2D eigenvalue weighted by Crippen LogP contribution is 2.09. The van der Waals surface area contributed by atoms with Crippen molar-refractivity contribution < 1.29 is 9.59 Å². The lowest BCUT2D eigenvalue weighted by molar-refractivity contribution is -0.123. The topological polar surface area (TPSA) is 72.2 Å². The summed E-state index contributed by atoms with van der Waals surface area (Å²) in [4.78, 5) is 21.8. The number of hydrogen-bond acceptors (Lipinski definition) is 2. The van der Waals surface area contributed by atoms with E-state index in [1.165, 1.54) is 0 Å². The summed E-state index contributed by atoms with van der Waals surface area (Å²) in [5.41, 5.74) is 5.14. The molecule has 3 N–H and O–H groups in total. The van der Waals surface area contributed by atoms with Crippen molar-refractivity contribution in [3.8, 4) is 0 Å². The molecule has 0 fully saturated rings. The molecule has 0 radical (unpaired) electrons. The first-order valence-corrected chi connectivity index (χ1v) is 4.67. The number of hydrogen-bond donors (Lipinski definition) is 2. The molecular weight excluding hydrogens is 168 g/mol. The summed E-state index contributed by atoms with van der Waals surface area (Å²) in [6.07, 6.45) is 1.64. The fourth-order valence-electron chi connectivity index (χ4n) is 1.14. The number of rotatable bonds is 6. The second kappa shape index (κ2) is 6.46. The van der Waals surface area contributed by atoms with Gasteiger partial charge in [-0.15, -0.1) is 0 Å². The minimum Gasteiger partial charge on any atom is -0.369 e. The predicted molar refractivity (Wildman–Crippen MR) is 50.9 cm³/mol. The van der Waals surface area contributed by atoms with Crippen LogP contribution in [0.4, 0.5) is 0 Å². The van der Waals surface area contributed by atoms with Crippen molar-refractivity contribution in [3.63, 3.8) is 0 Å². The molecule has 0 aromatic heterocycles. The van der Waals surface area contributed by atoms with E-state index in [-0.39, 0.29) is 17.7 Å². The summed E-state index contributed by atoms with van der Waals surface area (Å²) in [7, 11) is 0. The van der Waals surface area contributed by atoms with E-state index >= 15 is 0 Å². The van der Waals surface area contributed by atoms with Gasteiger partial charge in [0.2, 0.25) is 11.8 Å². The molecule has 0 bridgehead atoms. The van der Waals surface area contributed by atoms with Crippen LogP contribution < -0.4 is 11.1 Å². The van der Waals surface area contributed by atoms with Crippen molar-refractivity contribution in [2.24, 2.45) is 11.7 Å². The van der Waals surface area contributed by atoms with Crippen molar-refractivity contribution in [1.29, 1.82) is 0 Å². The van der Waals surface area contributed by atoms with Crippen LogP contribution in [0.1, 0.15) is 33.1 Å². The predicted octanol–water partition coefficient (Wildman–Crippen LogP) is 0.414. The largest absolute Gasteiger partial charge is 0.369 e. The molecule has 0 aliphatic rings. The second-order valence-electron chi connectivity index (χ2n) is 3.00. The normalized spacial score (nSPS) is 12.2. The summed E-state index contributed by atoms with van der Waals surface area (Å²) < 4.78 is 0. The third-order valence-electron chi connectivity index (χ3n) is 1.99. The van der Waals surface area contributed by atoms with Gasteiger partial charge >= 0.3 is 0 Å². The second-order valence-corrected chi connectivity index (χ2v) is 3.00. The van der Waals surface area contributed by atoms with E-state index in [0.29, 0.717) is 25.8 Å². The first-order chi connectivity index (χ1) is 6.11. The third-order valence-corrected chi connectivity index (χ3v) is 1.99. The molecule has 4 heteroatoms. The average molecular weight is 186 g/mol. The fraction of sp³-hybridized carbons (Fsp3) is 0.778. The van der Waals surface area contributed by atoms with Crippen LogP contribution in [0.5, 0.6) is 0 Å². The lowest BCUT2D eigenvalue weighted by Gasteiger charge is -2.09. The zero-order valence-electron chi connectivity index (χ0n) is 8.30. The number of carbonyl (C=O) groups is 2. The van der Waals surface area contributed by atoms with Gasteiger partial charge in [0.25, 0.3) is 0 Å². The molecule has 0 aliphatic heterocycles. The summed E-state index contributed by atoms with van der Waals surface area (Å²) >= 11 is 0. The molecular formula is C9H18N2O2. The Balaban J connectivity index is 3.72. The maximum Gasteiger partial charge on any atom is 0.220 e. The number of nitrogens with one attached hydrogen (secondary N) is 1. The SMILES string of the molecule is CCNC(=O)CCC(CC)C(N)=O. The molecule has 1 unspecified atom stereocenters. The lowest BCUT2D eigenvalue weighted by atomic mass is 10.00. The lowest BCUT2D eigenvalue weighted by Crippen LogP contribution is -2.27. The standard InChI is InChI=1S/C9H18N2O2/c1-3-7(9(10)13)5-6-8(12)11-4-2/h7H,3-6H2,1-2H3,(H2,10,13)(H,11,12). The van der Waals surface area contributed by atoms with E-state index in [1.54, 1.807) is 0 Å². The monoisotopic (exact) mass is 186 g/mol. The van der Waals surface area contributed by atoms with Gasteiger partial charge in [-0.3, -0.25) is 9.59 Å². The van der Waals surface area contributed by atoms with Crippen LogP contribution >= 0.6 is 0 Å². The fourth-order valence-corrected chi connectivity index (χ4v) is 1.14. The van der Waals surface area contributed by atoms with Crippen molar-refractivity contribution in [1.82, 2.24) is 5.32 Å². The zero-order valence-corrected chi connectivity index (χ0v) is 8.30. The average Bonchev–Trinajstić information content (AvgIpc) is 2.05. The van der Waals surface area contributed by atoms with Gasteiger partial charge in [-0.2, -0.15) is 0 Å². The minimum absolute atomic E-state index is 0.0119. The van der Waals surface area contributed by atoms with Crippen LogP contribution in [0.15, 0.2) is 0 Å². The Morgan fingerprint density at radius 3 is 2.38 bits per heavy atom. The molecule has 0 saturated heterocycles. The van der Waals surface area contributed by atoms with E-state index in [1.807, 2.05) is 13.8 Å². The van der Waals surface area contributed by atoms with Crippen LogP contribution in [0.2, 0.25) is 0 Å². The van der Waals surface area contributed by atoms with E-state index in [9.17, 15) is 9.59 Å². The van der Waals surface area contributed by atoms with Crippen molar-refractivity contribution in [2.75, 3.05) is 6.54 Å². The molecule has 4 nitrogen and oxygen atoms in total. The van der Waals surface area contributed by atoms with Crippen molar-refractivity contribution in [2.45, 2.75) is 33.1 Å². The van der Waals surface area contributed by atoms with Crippen LogP contribution in [0, 0.1) is 5.92 Å². The minimum atomic E-state index is -0.313. The Bertz CT molecular complexity index is 180. The highest BCUT2D eigenvalue weighted by Gasteiger charge is 2.13. The zero-order chi connectivity index (χ0) is 10.3. The Morgan fingerprint density at radius 1 is 1.38 bits per heavy atom. The first-order valence-electron chi connectivity index (χ1n) is 4.67. The highest BCUT2D eigenvalue weighted by molar-refractivity contribution is 5.79. The molecule has 0 spiro atoms. The number of carbonyl (C=O) groups excluding carboxylic acids is 2. The highest BCUT2D eigenvalue weighted by atomic mass is 16.2. The van der Waals surface area contributed by atoms with Gasteiger partial charge in [0.1, 0.15) is 0 Å². The van der Waals surface area contributed by atoms with Crippen LogP contribution in [0.25, 0.3) is 0 Å². The maximum absolute atomic E-state index is 11.0. The smallest absolute Gasteiger partial charge is 0.220 e. The summed E-state index contributed by atoms with van der Waals surface area (Å²) in [5, 5.41) is 2.67. The summed E-state index contributed by atoms with van der Waals surface area (Å²) in [6.45, 7) is 4.39. The number of nitrogens with two attached hydrogens (primary N) is 1. The molecule has 0 aromatic rings. The van der Waals surface area contributed by atoms with Crippen LogP contribution in [-0.4, -0.2) is 18.4 Å². The van der Waals surface area contributed by atoms with E-state index < -0.39 is 0 Å².